The van der Waals surface area contributed by atoms with Crippen LogP contribution in [0.5, 0.6) is 0 Å². The van der Waals surface area contributed by atoms with Crippen LogP contribution < -0.4 is 0 Å². The molecule has 0 fully saturated rings. The third kappa shape index (κ3) is 7.03. The maximum atomic E-state index is 10.7. The quantitative estimate of drug-likeness (QED) is 0.357. The van der Waals surface area contributed by atoms with Gasteiger partial charge in [-0.05, 0) is 33.6 Å². The Morgan fingerprint density at radius 3 is 2.58 bits per heavy atom. The second-order valence-corrected chi connectivity index (χ2v) is 3.31. The highest BCUT2D eigenvalue weighted by molar-refractivity contribution is 5.90. The zero-order valence-electron chi connectivity index (χ0n) is 8.05. The highest BCUT2D eigenvalue weighted by Gasteiger charge is 2.03. The van der Waals surface area contributed by atoms with Crippen LogP contribution in [0, 0.1) is 0 Å². The summed E-state index contributed by atoms with van der Waals surface area (Å²) >= 11 is 0. The SMILES string of the molecule is CCOC(=O)C=C=NC(C)(C)C. The average molecular weight is 169 g/mol. The molecule has 0 aromatic heterocycles. The van der Waals surface area contributed by atoms with Gasteiger partial charge in [0.15, 0.2) is 0 Å². The standard InChI is InChI=1S/C9H15NO2/c1-5-12-8(11)6-7-10-9(2,3)4/h6H,5H2,1-4H3. The van der Waals surface area contributed by atoms with Gasteiger partial charge in [-0.25, -0.2) is 9.79 Å². The number of nitrogens with zero attached hydrogens (tertiary/aromatic N) is 1. The van der Waals surface area contributed by atoms with E-state index >= 15 is 0 Å². The summed E-state index contributed by atoms with van der Waals surface area (Å²) in [4.78, 5) is 14.7. The van der Waals surface area contributed by atoms with Gasteiger partial charge in [-0.3, -0.25) is 0 Å². The number of hydrogen-bond acceptors (Lipinski definition) is 3. The third-order valence-corrected chi connectivity index (χ3v) is 0.869. The lowest BCUT2D eigenvalue weighted by molar-refractivity contribution is -0.137. The fourth-order valence-corrected chi connectivity index (χ4v) is 0.463. The number of hydrogen-bond donors (Lipinski definition) is 0. The summed E-state index contributed by atoms with van der Waals surface area (Å²) in [6, 6.07) is 0. The van der Waals surface area contributed by atoms with E-state index in [0.29, 0.717) is 6.61 Å². The Hall–Kier alpha value is -1.08. The first-order valence-electron chi connectivity index (χ1n) is 3.93. The largest absolute Gasteiger partial charge is 0.462 e. The number of esters is 1. The molecule has 0 saturated heterocycles. The van der Waals surface area contributed by atoms with Crippen molar-refractivity contribution in [3.8, 4) is 0 Å². The van der Waals surface area contributed by atoms with E-state index in [0.717, 1.165) is 0 Å². The van der Waals surface area contributed by atoms with E-state index in [-0.39, 0.29) is 5.54 Å². The first kappa shape index (κ1) is 10.9. The molecule has 0 aliphatic carbocycles. The molecule has 3 heteroatoms. The molecule has 3 nitrogen and oxygen atoms in total. The Morgan fingerprint density at radius 1 is 1.58 bits per heavy atom. The first-order valence-corrected chi connectivity index (χ1v) is 3.93. The molecule has 0 atom stereocenters. The fourth-order valence-electron chi connectivity index (χ4n) is 0.463. The second kappa shape index (κ2) is 4.73. The van der Waals surface area contributed by atoms with Gasteiger partial charge in [0, 0.05) is 0 Å². The van der Waals surface area contributed by atoms with E-state index in [2.05, 4.69) is 15.6 Å². The minimum Gasteiger partial charge on any atom is -0.462 e. The van der Waals surface area contributed by atoms with Crippen LogP contribution in [0.1, 0.15) is 27.7 Å². The van der Waals surface area contributed by atoms with Crippen LogP contribution in [-0.4, -0.2) is 24.0 Å². The molecule has 0 amide bonds. The van der Waals surface area contributed by atoms with E-state index in [1.165, 1.54) is 6.08 Å². The van der Waals surface area contributed by atoms with Crippen molar-refractivity contribution in [3.63, 3.8) is 0 Å². The van der Waals surface area contributed by atoms with Crippen LogP contribution in [0.15, 0.2) is 11.1 Å². The Labute approximate surface area is 73.1 Å². The van der Waals surface area contributed by atoms with Gasteiger partial charge in [0.05, 0.1) is 18.2 Å². The summed E-state index contributed by atoms with van der Waals surface area (Å²) in [6.45, 7) is 7.93. The van der Waals surface area contributed by atoms with Gasteiger partial charge >= 0.3 is 5.97 Å². The number of aliphatic imine (C=N–C) groups is 1. The van der Waals surface area contributed by atoms with Gasteiger partial charge in [-0.15, -0.1) is 0 Å². The predicted molar refractivity (Wildman–Crippen MR) is 48.4 cm³/mol. The van der Waals surface area contributed by atoms with Gasteiger partial charge in [0.25, 0.3) is 0 Å². The third-order valence-electron chi connectivity index (χ3n) is 0.869. The van der Waals surface area contributed by atoms with Crippen molar-refractivity contribution in [3.05, 3.63) is 6.08 Å². The van der Waals surface area contributed by atoms with Crippen molar-refractivity contribution in [1.29, 1.82) is 0 Å². The average Bonchev–Trinajstić information content (AvgIpc) is 1.84. The lowest BCUT2D eigenvalue weighted by Gasteiger charge is -2.07. The molecule has 0 radical (unpaired) electrons. The molecule has 12 heavy (non-hydrogen) atoms. The molecule has 0 N–H and O–H groups in total. The Bertz CT molecular complexity index is 207. The van der Waals surface area contributed by atoms with E-state index in [1.54, 1.807) is 6.92 Å². The van der Waals surface area contributed by atoms with Crippen molar-refractivity contribution in [2.75, 3.05) is 6.61 Å². The molecule has 0 unspecified atom stereocenters. The minimum atomic E-state index is -0.398. The molecule has 0 aliphatic heterocycles. The summed E-state index contributed by atoms with van der Waals surface area (Å²) < 4.78 is 4.64. The Balaban J connectivity index is 4.06. The normalized spacial score (nSPS) is 10.0. The predicted octanol–water partition coefficient (Wildman–Crippen LogP) is 1.57. The van der Waals surface area contributed by atoms with Gasteiger partial charge in [0.1, 0.15) is 0 Å². The highest BCUT2D eigenvalue weighted by atomic mass is 16.5. The van der Waals surface area contributed by atoms with Gasteiger partial charge < -0.3 is 4.74 Å². The van der Waals surface area contributed by atoms with Crippen LogP contribution in [0.2, 0.25) is 0 Å². The van der Waals surface area contributed by atoms with Crippen molar-refractivity contribution >= 4 is 11.8 Å². The van der Waals surface area contributed by atoms with Crippen LogP contribution in [-0.2, 0) is 9.53 Å². The van der Waals surface area contributed by atoms with Crippen LogP contribution in [0.3, 0.4) is 0 Å². The van der Waals surface area contributed by atoms with Crippen molar-refractivity contribution in [1.82, 2.24) is 0 Å². The molecule has 0 heterocycles. The topological polar surface area (TPSA) is 38.7 Å². The van der Waals surface area contributed by atoms with Crippen molar-refractivity contribution < 1.29 is 9.53 Å². The van der Waals surface area contributed by atoms with Gasteiger partial charge in [-0.2, -0.15) is 0 Å². The number of rotatable bonds is 2. The van der Waals surface area contributed by atoms with Crippen LogP contribution in [0.25, 0.3) is 0 Å². The highest BCUT2D eigenvalue weighted by Crippen LogP contribution is 2.03. The number of carbonyl (C=O) groups is 1. The molecular formula is C9H15NO2. The summed E-state index contributed by atoms with van der Waals surface area (Å²) in [7, 11) is 0. The molecular weight excluding hydrogens is 154 g/mol. The smallest absolute Gasteiger partial charge is 0.340 e. The van der Waals surface area contributed by atoms with E-state index in [9.17, 15) is 4.79 Å². The Kier molecular flexibility index (Phi) is 4.30. The summed E-state index contributed by atoms with van der Waals surface area (Å²) in [5.74, 6) is 2.14. The van der Waals surface area contributed by atoms with Gasteiger partial charge in [-0.1, -0.05) is 0 Å². The number of carbonyl (C=O) groups excluding carboxylic acids is 1. The molecule has 68 valence electrons. The van der Waals surface area contributed by atoms with E-state index in [4.69, 9.17) is 0 Å². The molecule has 0 aliphatic rings. The van der Waals surface area contributed by atoms with Crippen LogP contribution >= 0.6 is 0 Å². The molecule has 0 aromatic rings. The number of ether oxygens (including phenoxy) is 1. The monoisotopic (exact) mass is 169 g/mol. The summed E-state index contributed by atoms with van der Waals surface area (Å²) in [5.41, 5.74) is -0.191. The van der Waals surface area contributed by atoms with E-state index < -0.39 is 5.97 Å². The molecule has 0 bridgehead atoms. The zero-order valence-corrected chi connectivity index (χ0v) is 8.05. The van der Waals surface area contributed by atoms with Crippen molar-refractivity contribution in [2.45, 2.75) is 33.2 Å². The lowest BCUT2D eigenvalue weighted by Crippen LogP contribution is -2.08. The fraction of sp³-hybridized carbons (Fsp3) is 0.667. The lowest BCUT2D eigenvalue weighted by atomic mass is 10.1. The maximum Gasteiger partial charge on any atom is 0.340 e. The molecule has 0 saturated carbocycles. The maximum absolute atomic E-state index is 10.7. The van der Waals surface area contributed by atoms with Crippen LogP contribution in [0.4, 0.5) is 0 Å². The minimum absolute atomic E-state index is 0.191. The van der Waals surface area contributed by atoms with E-state index in [1.807, 2.05) is 20.8 Å². The summed E-state index contributed by atoms with van der Waals surface area (Å²) in [6.07, 6.45) is 1.20. The second-order valence-electron chi connectivity index (χ2n) is 3.31. The molecule has 0 spiro atoms. The summed E-state index contributed by atoms with van der Waals surface area (Å²) in [5, 5.41) is 0. The molecule has 0 aromatic carbocycles. The molecule has 0 rings (SSSR count). The van der Waals surface area contributed by atoms with Gasteiger partial charge in [0.2, 0.25) is 0 Å². The zero-order chi connectivity index (χ0) is 9.61. The first-order chi connectivity index (χ1) is 5.45. The Morgan fingerprint density at radius 2 is 2.17 bits per heavy atom. The van der Waals surface area contributed by atoms with Crippen molar-refractivity contribution in [2.24, 2.45) is 4.99 Å².